The van der Waals surface area contributed by atoms with Gasteiger partial charge in [0, 0.05) is 22.6 Å². The van der Waals surface area contributed by atoms with Gasteiger partial charge in [-0.25, -0.2) is 0 Å². The molecule has 20 heavy (non-hydrogen) atoms. The van der Waals surface area contributed by atoms with Gasteiger partial charge in [0.25, 0.3) is 0 Å². The Bertz CT molecular complexity index is 449. The van der Waals surface area contributed by atoms with Gasteiger partial charge in [-0.2, -0.15) is 0 Å². The van der Waals surface area contributed by atoms with E-state index in [4.69, 9.17) is 28.3 Å². The van der Waals surface area contributed by atoms with Crippen LogP contribution in [0.4, 0.5) is 0 Å². The van der Waals surface area contributed by atoms with E-state index >= 15 is 0 Å². The predicted octanol–water partition coefficient (Wildman–Crippen LogP) is 4.01. The number of hydrogen-bond acceptors (Lipinski definition) is 2. The lowest BCUT2D eigenvalue weighted by molar-refractivity contribution is -0.136. The summed E-state index contributed by atoms with van der Waals surface area (Å²) in [5.41, 5.74) is 1.03. The molecule has 112 valence electrons. The summed E-state index contributed by atoms with van der Waals surface area (Å²) in [6.07, 6.45) is 1.87. The molecule has 1 atom stereocenters. The van der Waals surface area contributed by atoms with Gasteiger partial charge >= 0.3 is 5.97 Å². The molecule has 0 aliphatic carbocycles. The monoisotopic (exact) mass is 317 g/mol. The molecule has 1 aromatic carbocycles. The van der Waals surface area contributed by atoms with Crippen molar-refractivity contribution in [2.45, 2.75) is 39.2 Å². The van der Waals surface area contributed by atoms with Crippen LogP contribution >= 0.6 is 23.2 Å². The Labute approximate surface area is 130 Å². The molecule has 5 heteroatoms. The summed E-state index contributed by atoms with van der Waals surface area (Å²) in [7, 11) is 0. The van der Waals surface area contributed by atoms with Crippen molar-refractivity contribution in [2.75, 3.05) is 6.54 Å². The van der Waals surface area contributed by atoms with Crippen LogP contribution in [-0.2, 0) is 11.2 Å². The van der Waals surface area contributed by atoms with E-state index in [1.165, 1.54) is 0 Å². The minimum absolute atomic E-state index is 0.128. The first-order chi connectivity index (χ1) is 9.38. The molecule has 0 aliphatic rings. The average molecular weight is 318 g/mol. The molecule has 0 fully saturated rings. The molecule has 1 aromatic rings. The van der Waals surface area contributed by atoms with Crippen LogP contribution in [0.3, 0.4) is 0 Å². The first-order valence-corrected chi connectivity index (χ1v) is 7.53. The Morgan fingerprint density at radius 1 is 1.35 bits per heavy atom. The van der Waals surface area contributed by atoms with Crippen molar-refractivity contribution >= 4 is 29.2 Å². The number of carboxylic acids is 1. The highest BCUT2D eigenvalue weighted by Gasteiger charge is 2.14. The van der Waals surface area contributed by atoms with Gasteiger partial charge < -0.3 is 10.4 Å². The first kappa shape index (κ1) is 17.3. The topological polar surface area (TPSA) is 49.3 Å². The molecule has 3 nitrogen and oxygen atoms in total. The quantitative estimate of drug-likeness (QED) is 0.761. The maximum absolute atomic E-state index is 10.6. The number of aliphatic carboxylic acids is 1. The molecule has 0 amide bonds. The SMILES string of the molecule is CC(C)CC(Cc1ccc(Cl)cc1Cl)NCCC(=O)O. The summed E-state index contributed by atoms with van der Waals surface area (Å²) in [6.45, 7) is 4.77. The summed E-state index contributed by atoms with van der Waals surface area (Å²) in [4.78, 5) is 10.6. The van der Waals surface area contributed by atoms with Gasteiger partial charge in [-0.1, -0.05) is 43.1 Å². The fourth-order valence-electron chi connectivity index (χ4n) is 2.14. The standard InChI is InChI=1S/C15H21Cl2NO2/c1-10(2)7-13(18-6-5-15(19)20)8-11-3-4-12(16)9-14(11)17/h3-4,9-10,13,18H,5-8H2,1-2H3,(H,19,20). The van der Waals surface area contributed by atoms with Gasteiger partial charge in [0.2, 0.25) is 0 Å². The average Bonchev–Trinajstić information content (AvgIpc) is 2.31. The van der Waals surface area contributed by atoms with Crippen molar-refractivity contribution in [1.82, 2.24) is 5.32 Å². The number of hydrogen-bond donors (Lipinski definition) is 2. The van der Waals surface area contributed by atoms with Crippen molar-refractivity contribution < 1.29 is 9.90 Å². The third-order valence-corrected chi connectivity index (χ3v) is 3.60. The van der Waals surface area contributed by atoms with E-state index in [9.17, 15) is 4.79 Å². The number of halogens is 2. The second-order valence-electron chi connectivity index (χ2n) is 5.36. The van der Waals surface area contributed by atoms with E-state index in [0.717, 1.165) is 18.4 Å². The highest BCUT2D eigenvalue weighted by molar-refractivity contribution is 6.35. The van der Waals surface area contributed by atoms with Crippen LogP contribution in [0.15, 0.2) is 18.2 Å². The van der Waals surface area contributed by atoms with Crippen LogP contribution < -0.4 is 5.32 Å². The molecule has 2 N–H and O–H groups in total. The van der Waals surface area contributed by atoms with E-state index in [1.807, 2.05) is 12.1 Å². The zero-order chi connectivity index (χ0) is 15.1. The van der Waals surface area contributed by atoms with Crippen molar-refractivity contribution in [2.24, 2.45) is 5.92 Å². The highest BCUT2D eigenvalue weighted by atomic mass is 35.5. The van der Waals surface area contributed by atoms with E-state index < -0.39 is 5.97 Å². The van der Waals surface area contributed by atoms with E-state index in [-0.39, 0.29) is 12.5 Å². The maximum atomic E-state index is 10.6. The van der Waals surface area contributed by atoms with E-state index in [0.29, 0.717) is 22.5 Å². The molecule has 0 saturated heterocycles. The lowest BCUT2D eigenvalue weighted by atomic mass is 9.97. The number of rotatable bonds is 8. The van der Waals surface area contributed by atoms with Gasteiger partial charge in [0.15, 0.2) is 0 Å². The molecule has 0 aliphatic heterocycles. The van der Waals surface area contributed by atoms with Gasteiger partial charge in [-0.05, 0) is 36.5 Å². The summed E-state index contributed by atoms with van der Waals surface area (Å²) in [6, 6.07) is 5.71. The number of carbonyl (C=O) groups is 1. The second-order valence-corrected chi connectivity index (χ2v) is 6.21. The van der Waals surface area contributed by atoms with Crippen LogP contribution in [0.25, 0.3) is 0 Å². The van der Waals surface area contributed by atoms with Crippen LogP contribution in [0.5, 0.6) is 0 Å². The second kappa shape index (κ2) is 8.50. The van der Waals surface area contributed by atoms with Crippen molar-refractivity contribution in [3.05, 3.63) is 33.8 Å². The van der Waals surface area contributed by atoms with E-state index in [1.54, 1.807) is 6.07 Å². The zero-order valence-electron chi connectivity index (χ0n) is 11.8. The van der Waals surface area contributed by atoms with Crippen LogP contribution in [0, 0.1) is 5.92 Å². The molecule has 0 bridgehead atoms. The van der Waals surface area contributed by atoms with Crippen molar-refractivity contribution in [3.63, 3.8) is 0 Å². The predicted molar refractivity (Wildman–Crippen MR) is 83.7 cm³/mol. The minimum Gasteiger partial charge on any atom is -0.481 e. The van der Waals surface area contributed by atoms with Gasteiger partial charge in [-0.15, -0.1) is 0 Å². The summed E-state index contributed by atoms with van der Waals surface area (Å²) in [5.74, 6) is -0.256. The Hall–Kier alpha value is -0.770. The number of nitrogens with one attached hydrogen (secondary N) is 1. The molecule has 0 saturated carbocycles. The molecular weight excluding hydrogens is 297 g/mol. The third kappa shape index (κ3) is 6.60. The Balaban J connectivity index is 2.65. The van der Waals surface area contributed by atoms with Gasteiger partial charge in [0.1, 0.15) is 0 Å². The Morgan fingerprint density at radius 3 is 2.60 bits per heavy atom. The smallest absolute Gasteiger partial charge is 0.304 e. The number of carboxylic acid groups (broad SMARTS) is 1. The van der Waals surface area contributed by atoms with Gasteiger partial charge in [0.05, 0.1) is 6.42 Å². The number of benzene rings is 1. The van der Waals surface area contributed by atoms with Gasteiger partial charge in [-0.3, -0.25) is 4.79 Å². The lowest BCUT2D eigenvalue weighted by Gasteiger charge is -2.21. The zero-order valence-corrected chi connectivity index (χ0v) is 13.3. The Kier molecular flexibility index (Phi) is 7.35. The lowest BCUT2D eigenvalue weighted by Crippen LogP contribution is -2.34. The third-order valence-electron chi connectivity index (χ3n) is 3.01. The highest BCUT2D eigenvalue weighted by Crippen LogP contribution is 2.23. The molecular formula is C15H21Cl2NO2. The maximum Gasteiger partial charge on any atom is 0.304 e. The normalized spacial score (nSPS) is 12.7. The summed E-state index contributed by atoms with van der Waals surface area (Å²) < 4.78 is 0. The molecule has 1 unspecified atom stereocenters. The van der Waals surface area contributed by atoms with Crippen molar-refractivity contribution in [1.29, 1.82) is 0 Å². The minimum atomic E-state index is -0.787. The van der Waals surface area contributed by atoms with Crippen LogP contribution in [0.1, 0.15) is 32.3 Å². The van der Waals surface area contributed by atoms with E-state index in [2.05, 4.69) is 19.2 Å². The largest absolute Gasteiger partial charge is 0.481 e. The molecule has 0 aromatic heterocycles. The first-order valence-electron chi connectivity index (χ1n) is 6.77. The Morgan fingerprint density at radius 2 is 2.05 bits per heavy atom. The molecule has 1 rings (SSSR count). The summed E-state index contributed by atoms with van der Waals surface area (Å²) >= 11 is 12.1. The molecule has 0 radical (unpaired) electrons. The summed E-state index contributed by atoms with van der Waals surface area (Å²) in [5, 5.41) is 13.3. The molecule has 0 spiro atoms. The van der Waals surface area contributed by atoms with Crippen LogP contribution in [-0.4, -0.2) is 23.7 Å². The fraction of sp³-hybridized carbons (Fsp3) is 0.533. The molecule has 0 heterocycles. The van der Waals surface area contributed by atoms with Crippen LogP contribution in [0.2, 0.25) is 10.0 Å². The fourth-order valence-corrected chi connectivity index (χ4v) is 2.63. The van der Waals surface area contributed by atoms with Crippen molar-refractivity contribution in [3.8, 4) is 0 Å².